The zero-order valence-corrected chi connectivity index (χ0v) is 10.9. The smallest absolute Gasteiger partial charge is 0.230 e. The Kier molecular flexibility index (Phi) is 3.69. The van der Waals surface area contributed by atoms with Gasteiger partial charge in [0, 0.05) is 5.02 Å². The van der Waals surface area contributed by atoms with E-state index in [1.165, 1.54) is 6.08 Å². The van der Waals surface area contributed by atoms with Gasteiger partial charge in [0.2, 0.25) is 5.06 Å². The maximum atomic E-state index is 9.77. The first-order valence-corrected chi connectivity index (χ1v) is 6.02. The summed E-state index contributed by atoms with van der Waals surface area (Å²) in [7, 11) is 0. The van der Waals surface area contributed by atoms with Crippen LogP contribution in [-0.2, 0) is 0 Å². The van der Waals surface area contributed by atoms with Gasteiger partial charge in [0.25, 0.3) is 0 Å². The molecule has 0 saturated carbocycles. The second kappa shape index (κ2) is 4.91. The lowest BCUT2D eigenvalue weighted by Crippen LogP contribution is -2.40. The van der Waals surface area contributed by atoms with Crippen molar-refractivity contribution in [2.24, 2.45) is 0 Å². The van der Waals surface area contributed by atoms with Crippen LogP contribution < -0.4 is 4.74 Å². The Hall–Kier alpha value is -0.670. The molecule has 1 aliphatic carbocycles. The van der Waals surface area contributed by atoms with E-state index in [1.807, 2.05) is 0 Å². The first-order chi connectivity index (χ1) is 8.01. The van der Waals surface area contributed by atoms with Crippen LogP contribution in [0.25, 0.3) is 0 Å². The van der Waals surface area contributed by atoms with Gasteiger partial charge >= 0.3 is 0 Å². The van der Waals surface area contributed by atoms with E-state index < -0.39 is 11.2 Å². The molecule has 2 rings (SSSR count). The number of alkyl halides is 1. The van der Waals surface area contributed by atoms with Crippen LogP contribution in [0.2, 0.25) is 10.0 Å². The molecule has 17 heavy (non-hydrogen) atoms. The third-order valence-corrected chi connectivity index (χ3v) is 3.25. The molecule has 0 radical (unpaired) electrons. The lowest BCUT2D eigenvalue weighted by molar-refractivity contribution is 0.0661. The summed E-state index contributed by atoms with van der Waals surface area (Å²) in [6, 6.07) is 4.79. The Labute approximate surface area is 114 Å². The fraction of sp³-hybridized carbons (Fsp3) is 0.167. The van der Waals surface area contributed by atoms with E-state index in [0.29, 0.717) is 15.8 Å². The van der Waals surface area contributed by atoms with Gasteiger partial charge in [-0.15, -0.1) is 0 Å². The molecule has 0 saturated heterocycles. The van der Waals surface area contributed by atoms with E-state index in [0.717, 1.165) is 0 Å². The van der Waals surface area contributed by atoms with Gasteiger partial charge in [0.1, 0.15) is 11.9 Å². The van der Waals surface area contributed by atoms with Crippen LogP contribution in [0, 0.1) is 0 Å². The molecular formula is C12H9Cl3O2. The van der Waals surface area contributed by atoms with Crippen molar-refractivity contribution in [1.29, 1.82) is 0 Å². The van der Waals surface area contributed by atoms with Crippen molar-refractivity contribution in [3.63, 3.8) is 0 Å². The van der Waals surface area contributed by atoms with Crippen molar-refractivity contribution in [3.05, 3.63) is 52.5 Å². The highest BCUT2D eigenvalue weighted by molar-refractivity contribution is 6.35. The van der Waals surface area contributed by atoms with Gasteiger partial charge in [-0.1, -0.05) is 53.0 Å². The summed E-state index contributed by atoms with van der Waals surface area (Å²) in [4.78, 5) is 0. The monoisotopic (exact) mass is 290 g/mol. The van der Waals surface area contributed by atoms with E-state index in [1.54, 1.807) is 36.4 Å². The number of benzene rings is 1. The fourth-order valence-corrected chi connectivity index (χ4v) is 2.08. The van der Waals surface area contributed by atoms with Gasteiger partial charge < -0.3 is 9.84 Å². The zero-order chi connectivity index (χ0) is 12.5. The van der Waals surface area contributed by atoms with Crippen LogP contribution in [0.4, 0.5) is 0 Å². The van der Waals surface area contributed by atoms with Crippen molar-refractivity contribution >= 4 is 34.8 Å². The number of ether oxygens (including phenoxy) is 1. The van der Waals surface area contributed by atoms with E-state index in [2.05, 4.69) is 0 Å². The fourth-order valence-electron chi connectivity index (χ4n) is 1.41. The maximum Gasteiger partial charge on any atom is 0.230 e. The number of hydrogen-bond acceptors (Lipinski definition) is 2. The molecule has 0 fully saturated rings. The number of aliphatic hydroxyl groups excluding tert-OH is 1. The van der Waals surface area contributed by atoms with Crippen molar-refractivity contribution in [2.45, 2.75) is 11.2 Å². The van der Waals surface area contributed by atoms with Crippen LogP contribution in [0.15, 0.2) is 42.5 Å². The van der Waals surface area contributed by atoms with Gasteiger partial charge in [-0.2, -0.15) is 0 Å². The molecule has 0 bridgehead atoms. The van der Waals surface area contributed by atoms with Gasteiger partial charge in [0.05, 0.1) is 5.02 Å². The Morgan fingerprint density at radius 3 is 2.65 bits per heavy atom. The van der Waals surface area contributed by atoms with E-state index >= 15 is 0 Å². The Bertz CT molecular complexity index is 485. The molecule has 1 aromatic carbocycles. The van der Waals surface area contributed by atoms with E-state index in [9.17, 15) is 5.11 Å². The van der Waals surface area contributed by atoms with Crippen molar-refractivity contribution < 1.29 is 9.84 Å². The molecule has 1 aliphatic rings. The highest BCUT2D eigenvalue weighted by atomic mass is 35.5. The Balaban J connectivity index is 2.26. The number of aliphatic hydroxyl groups is 1. The highest BCUT2D eigenvalue weighted by Crippen LogP contribution is 2.35. The first kappa shape index (κ1) is 12.8. The number of rotatable bonds is 2. The van der Waals surface area contributed by atoms with Crippen molar-refractivity contribution in [2.75, 3.05) is 0 Å². The normalized spacial score (nSPS) is 27.2. The molecule has 90 valence electrons. The molecule has 0 spiro atoms. The molecule has 5 heteroatoms. The third kappa shape index (κ3) is 2.78. The quantitative estimate of drug-likeness (QED) is 0.840. The summed E-state index contributed by atoms with van der Waals surface area (Å²) in [6.07, 6.45) is 5.55. The number of halogens is 3. The first-order valence-electron chi connectivity index (χ1n) is 4.88. The average Bonchev–Trinajstić information content (AvgIpc) is 2.27. The zero-order valence-electron chi connectivity index (χ0n) is 8.61. The summed E-state index contributed by atoms with van der Waals surface area (Å²) in [5.74, 6) is 0.366. The summed E-state index contributed by atoms with van der Waals surface area (Å²) in [5.41, 5.74) is 0. The van der Waals surface area contributed by atoms with Gasteiger partial charge in [0.15, 0.2) is 0 Å². The van der Waals surface area contributed by atoms with E-state index in [-0.39, 0.29) is 0 Å². The third-order valence-electron chi connectivity index (χ3n) is 2.29. The van der Waals surface area contributed by atoms with Crippen LogP contribution in [0.3, 0.4) is 0 Å². The highest BCUT2D eigenvalue weighted by Gasteiger charge is 2.35. The molecule has 2 unspecified atom stereocenters. The molecule has 0 aliphatic heterocycles. The second-order valence-corrected chi connectivity index (χ2v) is 5.00. The topological polar surface area (TPSA) is 29.5 Å². The lowest BCUT2D eigenvalue weighted by atomic mass is 10.1. The van der Waals surface area contributed by atoms with Crippen LogP contribution in [-0.4, -0.2) is 16.3 Å². The summed E-state index contributed by atoms with van der Waals surface area (Å²) >= 11 is 17.9. The van der Waals surface area contributed by atoms with Gasteiger partial charge in [-0.05, 0) is 24.3 Å². The van der Waals surface area contributed by atoms with Crippen LogP contribution in [0.1, 0.15) is 0 Å². The lowest BCUT2D eigenvalue weighted by Gasteiger charge is -2.30. The minimum Gasteiger partial charge on any atom is -0.464 e. The summed E-state index contributed by atoms with van der Waals surface area (Å²) < 4.78 is 5.53. The molecule has 2 atom stereocenters. The molecule has 0 aromatic heterocycles. The predicted octanol–water partition coefficient (Wildman–Crippen LogP) is 3.79. The second-order valence-electron chi connectivity index (χ2n) is 3.56. The Morgan fingerprint density at radius 2 is 2.00 bits per heavy atom. The number of hydrogen-bond donors (Lipinski definition) is 1. The van der Waals surface area contributed by atoms with Crippen LogP contribution in [0.5, 0.6) is 5.75 Å². The molecule has 1 N–H and O–H groups in total. The molecule has 0 heterocycles. The standard InChI is InChI=1S/C12H9Cl3O2/c13-8-4-5-10(9(14)7-8)17-12(15)6-2-1-3-11(12)16/h1-7,11,16H. The van der Waals surface area contributed by atoms with Crippen molar-refractivity contribution in [1.82, 2.24) is 0 Å². The predicted molar refractivity (Wildman–Crippen MR) is 70.0 cm³/mol. The molecule has 1 aromatic rings. The van der Waals surface area contributed by atoms with Gasteiger partial charge in [-0.25, -0.2) is 0 Å². The molecule has 0 amide bonds. The SMILES string of the molecule is OC1C=CC=CC1(Cl)Oc1ccc(Cl)cc1Cl. The van der Waals surface area contributed by atoms with Crippen LogP contribution >= 0.6 is 34.8 Å². The number of allylic oxidation sites excluding steroid dienone is 2. The minimum absolute atomic E-state index is 0.340. The summed E-state index contributed by atoms with van der Waals surface area (Å²) in [5, 5.41) is 9.28. The van der Waals surface area contributed by atoms with E-state index in [4.69, 9.17) is 39.5 Å². The minimum atomic E-state index is -1.34. The van der Waals surface area contributed by atoms with Crippen molar-refractivity contribution in [3.8, 4) is 5.75 Å². The molecular weight excluding hydrogens is 282 g/mol. The average molecular weight is 292 g/mol. The molecule has 2 nitrogen and oxygen atoms in total. The largest absolute Gasteiger partial charge is 0.464 e. The summed E-state index contributed by atoms with van der Waals surface area (Å²) in [6.45, 7) is 0. The van der Waals surface area contributed by atoms with Gasteiger partial charge in [-0.3, -0.25) is 0 Å². The maximum absolute atomic E-state index is 9.77. The Morgan fingerprint density at radius 1 is 1.24 bits per heavy atom.